The van der Waals surface area contributed by atoms with Gasteiger partial charge in [-0.3, -0.25) is 24.0 Å². The number of likely N-dealkylation sites (tertiary alicyclic amines) is 1. The number of quaternary nitrogens is 1. The zero-order valence-corrected chi connectivity index (χ0v) is 31.1. The number of aryl methyl sites for hydroxylation is 1. The van der Waals surface area contributed by atoms with E-state index in [4.69, 9.17) is 10.6 Å². The molecule has 17 nitrogen and oxygen atoms in total. The van der Waals surface area contributed by atoms with E-state index in [1.165, 1.54) is 48.0 Å². The van der Waals surface area contributed by atoms with Crippen LogP contribution in [-0.4, -0.2) is 110 Å². The molecule has 0 saturated carbocycles. The number of carbonyl (C=O) groups excluding carboxylic acids is 2. The third-order valence-corrected chi connectivity index (χ3v) is 12.2. The Labute approximate surface area is 310 Å². The molecular weight excluding hydrogens is 731 g/mol. The number of rotatable bonds is 13. The minimum atomic E-state index is -1.78. The number of β-lactam (4-membered cyclic amide) rings is 1. The summed E-state index contributed by atoms with van der Waals surface area (Å²) in [4.78, 5) is 76.2. The van der Waals surface area contributed by atoms with Gasteiger partial charge in [0.05, 0.1) is 35.3 Å². The fourth-order valence-electron chi connectivity index (χ4n) is 7.08. The fourth-order valence-corrected chi connectivity index (χ4v) is 9.13. The Balaban J connectivity index is 1.29. The number of amides is 1. The molecule has 2 aromatic heterocycles. The van der Waals surface area contributed by atoms with E-state index in [1.54, 1.807) is 4.68 Å². The Hall–Kier alpha value is -5.01. The fraction of sp³-hybridized carbons (Fsp3) is 0.471. The summed E-state index contributed by atoms with van der Waals surface area (Å²) in [6.07, 6.45) is 1.30. The highest BCUT2D eigenvalue weighted by atomic mass is 32.2. The normalized spacial score (nSPS) is 21.4. The maximum atomic E-state index is 13.8. The number of carboxylic acids is 2. The van der Waals surface area contributed by atoms with Crippen molar-refractivity contribution < 1.29 is 48.9 Å². The summed E-state index contributed by atoms with van der Waals surface area (Å²) in [6.45, 7) is 8.29. The van der Waals surface area contributed by atoms with Gasteiger partial charge in [-0.1, -0.05) is 5.16 Å². The first-order chi connectivity index (χ1) is 25.0. The minimum absolute atomic E-state index is 0.0570. The van der Waals surface area contributed by atoms with Crippen molar-refractivity contribution in [2.45, 2.75) is 76.3 Å². The summed E-state index contributed by atoms with van der Waals surface area (Å²) in [5.74, 6) is -5.52. The zero-order chi connectivity index (χ0) is 38.6. The molecule has 6 N–H and O–H groups in total. The number of carbonyl (C=O) groups is 4. The first kappa shape index (κ1) is 37.7. The second-order valence-corrected chi connectivity index (χ2v) is 16.3. The maximum Gasteiger partial charge on any atom is 0.352 e. The molecule has 0 radical (unpaired) electrons. The lowest BCUT2D eigenvalue weighted by Crippen LogP contribution is -2.63. The summed E-state index contributed by atoms with van der Waals surface area (Å²) in [6, 6.07) is 2.53. The minimum Gasteiger partial charge on any atom is -0.504 e. The Kier molecular flexibility index (Phi) is 10.0. The summed E-state index contributed by atoms with van der Waals surface area (Å²) in [5, 5.41) is 49.5. The predicted octanol–water partition coefficient (Wildman–Crippen LogP) is 2.48. The molecule has 3 aliphatic heterocycles. The van der Waals surface area contributed by atoms with E-state index in [-0.39, 0.29) is 63.8 Å². The van der Waals surface area contributed by atoms with Gasteiger partial charge < -0.3 is 35.5 Å². The molecule has 2 fully saturated rings. The van der Waals surface area contributed by atoms with Crippen LogP contribution in [0.25, 0.3) is 10.9 Å². The van der Waals surface area contributed by atoms with Crippen molar-refractivity contribution >= 4 is 68.5 Å². The van der Waals surface area contributed by atoms with Crippen LogP contribution in [0.1, 0.15) is 58.3 Å². The second-order valence-electron chi connectivity index (χ2n) is 14.0. The Morgan fingerprint density at radius 1 is 1.11 bits per heavy atom. The predicted molar refractivity (Wildman–Crippen MR) is 194 cm³/mol. The van der Waals surface area contributed by atoms with E-state index < -0.39 is 51.7 Å². The third-order valence-electron chi connectivity index (χ3n) is 9.97. The molecule has 3 aromatic rings. The van der Waals surface area contributed by atoms with Crippen LogP contribution >= 0.6 is 23.1 Å². The molecule has 1 aromatic carbocycles. The molecule has 19 heteroatoms. The monoisotopic (exact) mass is 770 g/mol. The van der Waals surface area contributed by atoms with Crippen LogP contribution in [0.3, 0.4) is 0 Å². The lowest BCUT2D eigenvalue weighted by Gasteiger charge is -2.51. The van der Waals surface area contributed by atoms with Crippen molar-refractivity contribution in [2.75, 3.05) is 25.4 Å². The largest absolute Gasteiger partial charge is 0.504 e. The standard InChI is InChI=1S/C34H39N7O10S2/c1-5-39-22-12-24(43)23(42)10-17(22)28(45)20(37-39)14-41(8-6-7-9-41)13-19-16(2)53-30-18(29(46)40(30)27(19)31(47)48)11-25(44)26(21-15-52-33(35)36-21)38-51-34(3,4)32(49)50/h10,12,15-16,18,30H,5-9,11,13-14H2,1-4H3,(H5-,35,36,37,38,42,43,44,45,47,48,49,50)/p+1/t16-,18+,30+/m0/s1. The van der Waals surface area contributed by atoms with Gasteiger partial charge in [-0.25, -0.2) is 14.6 Å². The molecule has 2 saturated heterocycles. The number of nitrogens with two attached hydrogens (primary N) is 1. The molecule has 5 heterocycles. The van der Waals surface area contributed by atoms with E-state index in [0.29, 0.717) is 35.2 Å². The van der Waals surface area contributed by atoms with Gasteiger partial charge in [0.15, 0.2) is 33.8 Å². The van der Waals surface area contributed by atoms with Crippen LogP contribution in [0.5, 0.6) is 11.5 Å². The van der Waals surface area contributed by atoms with Gasteiger partial charge in [0.1, 0.15) is 24.5 Å². The van der Waals surface area contributed by atoms with Crippen molar-refractivity contribution in [1.82, 2.24) is 19.7 Å². The molecule has 6 rings (SSSR count). The Bertz CT molecular complexity index is 2150. The van der Waals surface area contributed by atoms with Gasteiger partial charge in [-0.15, -0.1) is 23.1 Å². The van der Waals surface area contributed by atoms with E-state index in [9.17, 15) is 44.4 Å². The van der Waals surface area contributed by atoms with Crippen molar-refractivity contribution in [2.24, 2.45) is 11.1 Å². The van der Waals surface area contributed by atoms with Crippen LogP contribution < -0.4 is 11.2 Å². The number of nitrogens with zero attached hydrogens (tertiary/aromatic N) is 6. The molecular formula is C34H40N7O10S2+. The van der Waals surface area contributed by atoms with Crippen LogP contribution in [0.4, 0.5) is 5.13 Å². The van der Waals surface area contributed by atoms with E-state index >= 15 is 0 Å². The zero-order valence-electron chi connectivity index (χ0n) is 29.4. The average molecular weight is 771 g/mol. The highest BCUT2D eigenvalue weighted by Crippen LogP contribution is 2.49. The lowest BCUT2D eigenvalue weighted by molar-refractivity contribution is -0.925. The van der Waals surface area contributed by atoms with Crippen molar-refractivity contribution in [3.8, 4) is 11.5 Å². The van der Waals surface area contributed by atoms with Crippen LogP contribution in [0.2, 0.25) is 0 Å². The van der Waals surface area contributed by atoms with Gasteiger partial charge in [-0.2, -0.15) is 5.10 Å². The quantitative estimate of drug-likeness (QED) is 0.0551. The number of thioether (sulfide) groups is 1. The Morgan fingerprint density at radius 3 is 2.40 bits per heavy atom. The molecule has 282 valence electrons. The molecule has 0 aliphatic carbocycles. The van der Waals surface area contributed by atoms with Crippen LogP contribution in [-0.2, 0) is 37.1 Å². The molecule has 3 atom stereocenters. The number of benzene rings is 1. The number of phenolic OH excluding ortho intramolecular Hbond substituents is 2. The number of hydrogen-bond acceptors (Lipinski definition) is 14. The number of thiazole rings is 1. The molecule has 3 aliphatic rings. The molecule has 0 unspecified atom stereocenters. The number of hydrogen-bond donors (Lipinski definition) is 5. The number of fused-ring (bicyclic) bond motifs is 2. The molecule has 0 bridgehead atoms. The number of aromatic hydroxyl groups is 2. The first-order valence-electron chi connectivity index (χ1n) is 17.0. The number of nitrogen functional groups attached to an aromatic ring is 1. The summed E-state index contributed by atoms with van der Waals surface area (Å²) in [7, 11) is 0. The number of aromatic nitrogens is 3. The van der Waals surface area contributed by atoms with Gasteiger partial charge in [-0.05, 0) is 33.8 Å². The van der Waals surface area contributed by atoms with Crippen LogP contribution in [0, 0.1) is 5.92 Å². The summed E-state index contributed by atoms with van der Waals surface area (Å²) >= 11 is 2.40. The number of Topliss-reactive ketones (excluding diaryl/α,β-unsaturated/α-hetero) is 1. The summed E-state index contributed by atoms with van der Waals surface area (Å²) < 4.78 is 1.92. The molecule has 53 heavy (non-hydrogen) atoms. The number of oxime groups is 1. The Morgan fingerprint density at radius 2 is 1.79 bits per heavy atom. The van der Waals surface area contributed by atoms with Gasteiger partial charge in [0, 0.05) is 48.1 Å². The van der Waals surface area contributed by atoms with Crippen molar-refractivity contribution in [3.05, 3.63) is 50.4 Å². The van der Waals surface area contributed by atoms with E-state index in [1.807, 2.05) is 13.8 Å². The SMILES string of the molecule is CCn1nc(C[N+]2(CC3=C(C(=O)O)N4C(=O)[C@@H](CC(=O)/C(=N\OC(C)(C)C(=O)O)c5csc(N)n5)[C@H]4S[C@H]3C)CCCC2)c(=O)c2cc(O)c(O)cc21. The highest BCUT2D eigenvalue weighted by molar-refractivity contribution is 8.00. The number of aliphatic carboxylic acids is 2. The van der Waals surface area contributed by atoms with E-state index in [2.05, 4.69) is 15.2 Å². The number of phenols is 2. The topological polar surface area (TPSA) is 248 Å². The van der Waals surface area contributed by atoms with Crippen molar-refractivity contribution in [3.63, 3.8) is 0 Å². The average Bonchev–Trinajstić information content (AvgIpc) is 3.75. The molecule has 0 spiro atoms. The molecule has 1 amide bonds. The smallest absolute Gasteiger partial charge is 0.352 e. The van der Waals surface area contributed by atoms with Gasteiger partial charge >= 0.3 is 11.9 Å². The number of anilines is 1. The maximum absolute atomic E-state index is 13.8. The third kappa shape index (κ3) is 6.95. The van der Waals surface area contributed by atoms with Crippen LogP contribution in [0.15, 0.2) is 38.7 Å². The highest BCUT2D eigenvalue weighted by Gasteiger charge is 2.56. The second kappa shape index (κ2) is 14.1. The lowest BCUT2D eigenvalue weighted by atomic mass is 9.88. The van der Waals surface area contributed by atoms with Gasteiger partial charge in [0.25, 0.3) is 0 Å². The first-order valence-corrected chi connectivity index (χ1v) is 18.8. The number of ketones is 1. The summed E-state index contributed by atoms with van der Waals surface area (Å²) in [5.41, 5.74) is 4.35. The van der Waals surface area contributed by atoms with Crippen molar-refractivity contribution in [1.29, 1.82) is 0 Å². The van der Waals surface area contributed by atoms with E-state index in [0.717, 1.165) is 24.2 Å². The van der Waals surface area contributed by atoms with Gasteiger partial charge in [0.2, 0.25) is 16.9 Å². The number of carboxylic acid groups (broad SMARTS) is 2.